The molecule has 0 amide bonds. The number of hydrogen-bond donors (Lipinski definition) is 0. The van der Waals surface area contributed by atoms with Gasteiger partial charge in [-0.25, -0.2) is 13.4 Å². The maximum Gasteiger partial charge on any atom is 0.188 e. The molecule has 28 heavy (non-hydrogen) atoms. The van der Waals surface area contributed by atoms with Crippen LogP contribution in [0.4, 0.5) is 0 Å². The van der Waals surface area contributed by atoms with Crippen molar-refractivity contribution in [2.24, 2.45) is 7.05 Å². The van der Waals surface area contributed by atoms with E-state index in [9.17, 15) is 8.42 Å². The van der Waals surface area contributed by atoms with Gasteiger partial charge in [-0.3, -0.25) is 4.68 Å². The molecule has 10 heteroatoms. The zero-order valence-corrected chi connectivity index (χ0v) is 16.9. The summed E-state index contributed by atoms with van der Waals surface area (Å²) in [5.41, 5.74) is 0. The highest BCUT2D eigenvalue weighted by Gasteiger charge is 2.16. The smallest absolute Gasteiger partial charge is 0.188 e. The number of hydrogen-bond acceptors (Lipinski definition) is 7. The van der Waals surface area contributed by atoms with Crippen LogP contribution in [-0.2, 0) is 29.9 Å². The quantitative estimate of drug-likeness (QED) is 0.532. The molecule has 0 atom stereocenters. The Balaban J connectivity index is 1.77. The van der Waals surface area contributed by atoms with Crippen LogP contribution in [-0.4, -0.2) is 51.6 Å². The number of rotatable bonds is 9. The lowest BCUT2D eigenvalue weighted by Gasteiger charge is -2.06. The van der Waals surface area contributed by atoms with Crippen molar-refractivity contribution >= 4 is 9.84 Å². The average Bonchev–Trinajstić information content (AvgIpc) is 3.24. The summed E-state index contributed by atoms with van der Waals surface area (Å²) in [5, 5.41) is 8.61. The molecule has 0 aliphatic rings. The lowest BCUT2D eigenvalue weighted by Crippen LogP contribution is -2.13. The predicted molar refractivity (Wildman–Crippen MR) is 103 cm³/mol. The van der Waals surface area contributed by atoms with Crippen LogP contribution in [0.1, 0.15) is 18.6 Å². The maximum absolute atomic E-state index is 11.6. The Morgan fingerprint density at radius 1 is 1.07 bits per heavy atom. The van der Waals surface area contributed by atoms with Gasteiger partial charge in [-0.2, -0.15) is 9.78 Å². The van der Waals surface area contributed by atoms with E-state index in [1.54, 1.807) is 28.7 Å². The molecule has 2 aromatic heterocycles. The fourth-order valence-electron chi connectivity index (χ4n) is 2.60. The van der Waals surface area contributed by atoms with Crippen molar-refractivity contribution in [3.63, 3.8) is 0 Å². The number of nitrogens with zero attached hydrogens (tertiary/aromatic N) is 5. The number of ether oxygens (including phenoxy) is 2. The molecular weight excluding hydrogens is 382 g/mol. The molecule has 2 heterocycles. The van der Waals surface area contributed by atoms with E-state index in [0.29, 0.717) is 29.8 Å². The fraction of sp³-hybridized carbons (Fsp3) is 0.389. The summed E-state index contributed by atoms with van der Waals surface area (Å²) in [7, 11) is -1.33. The van der Waals surface area contributed by atoms with Gasteiger partial charge in [0.1, 0.15) is 33.8 Å². The van der Waals surface area contributed by atoms with Crippen molar-refractivity contribution in [3.8, 4) is 17.3 Å². The highest BCUT2D eigenvalue weighted by Crippen LogP contribution is 2.19. The highest BCUT2D eigenvalue weighted by atomic mass is 32.2. The van der Waals surface area contributed by atoms with Crippen LogP contribution < -0.4 is 9.47 Å². The van der Waals surface area contributed by atoms with Crippen LogP contribution in [0.25, 0.3) is 5.82 Å². The van der Waals surface area contributed by atoms with E-state index >= 15 is 0 Å². The molecule has 0 aliphatic heterocycles. The van der Waals surface area contributed by atoms with Gasteiger partial charge in [0.15, 0.2) is 11.6 Å². The molecule has 0 N–H and O–H groups in total. The minimum atomic E-state index is -3.12. The van der Waals surface area contributed by atoms with Gasteiger partial charge in [0.05, 0.1) is 18.6 Å². The third kappa shape index (κ3) is 5.10. The number of aryl methyl sites for hydroxylation is 2. The summed E-state index contributed by atoms with van der Waals surface area (Å²) >= 11 is 0. The average molecular weight is 405 g/mol. The molecule has 0 radical (unpaired) electrons. The van der Waals surface area contributed by atoms with E-state index in [1.165, 1.54) is 6.26 Å². The van der Waals surface area contributed by atoms with E-state index in [4.69, 9.17) is 9.47 Å². The molecule has 150 valence electrons. The molecular formula is C18H23N5O4S. The fourth-order valence-corrected chi connectivity index (χ4v) is 3.15. The first-order valence-corrected chi connectivity index (χ1v) is 10.9. The number of aromatic nitrogens is 5. The summed E-state index contributed by atoms with van der Waals surface area (Å²) < 4.78 is 37.5. The molecule has 0 saturated carbocycles. The van der Waals surface area contributed by atoms with Gasteiger partial charge in [-0.1, -0.05) is 0 Å². The highest BCUT2D eigenvalue weighted by molar-refractivity contribution is 7.90. The first kappa shape index (κ1) is 19.9. The molecule has 9 nitrogen and oxygen atoms in total. The second-order valence-corrected chi connectivity index (χ2v) is 8.50. The van der Waals surface area contributed by atoms with Crippen LogP contribution in [0.15, 0.2) is 36.5 Å². The van der Waals surface area contributed by atoms with Crippen molar-refractivity contribution in [2.75, 3.05) is 18.6 Å². The summed E-state index contributed by atoms with van der Waals surface area (Å²) in [6, 6.07) is 9.08. The third-order valence-corrected chi connectivity index (χ3v) is 4.87. The SMILES string of the molecule is CCOc1ccc(OCc2nc(CCS(C)(=O)=O)n(-c3ccnn3C)n2)cc1. The topological polar surface area (TPSA) is 101 Å². The van der Waals surface area contributed by atoms with Gasteiger partial charge in [0.25, 0.3) is 0 Å². The van der Waals surface area contributed by atoms with Crippen LogP contribution >= 0.6 is 0 Å². The Morgan fingerprint density at radius 2 is 1.75 bits per heavy atom. The van der Waals surface area contributed by atoms with Crippen LogP contribution in [0.5, 0.6) is 11.5 Å². The van der Waals surface area contributed by atoms with Gasteiger partial charge in [0, 0.05) is 25.8 Å². The second kappa shape index (κ2) is 8.42. The number of benzene rings is 1. The van der Waals surface area contributed by atoms with E-state index in [-0.39, 0.29) is 18.8 Å². The minimum absolute atomic E-state index is 0.0112. The van der Waals surface area contributed by atoms with Gasteiger partial charge >= 0.3 is 0 Å². The normalized spacial score (nSPS) is 11.5. The van der Waals surface area contributed by atoms with Gasteiger partial charge in [-0.05, 0) is 31.2 Å². The van der Waals surface area contributed by atoms with Crippen LogP contribution in [0, 0.1) is 0 Å². The van der Waals surface area contributed by atoms with Gasteiger partial charge in [0.2, 0.25) is 0 Å². The Kier molecular flexibility index (Phi) is 5.98. The zero-order chi connectivity index (χ0) is 20.1. The van der Waals surface area contributed by atoms with Crippen LogP contribution in [0.2, 0.25) is 0 Å². The molecule has 0 saturated heterocycles. The van der Waals surface area contributed by atoms with Crippen molar-refractivity contribution in [1.82, 2.24) is 24.5 Å². The molecule has 0 unspecified atom stereocenters. The first-order valence-electron chi connectivity index (χ1n) is 8.82. The molecule has 0 spiro atoms. The van der Waals surface area contributed by atoms with Crippen molar-refractivity contribution in [2.45, 2.75) is 20.0 Å². The van der Waals surface area contributed by atoms with E-state index in [0.717, 1.165) is 5.75 Å². The second-order valence-electron chi connectivity index (χ2n) is 6.24. The minimum Gasteiger partial charge on any atom is -0.494 e. The van der Waals surface area contributed by atoms with E-state index in [1.807, 2.05) is 31.2 Å². The molecule has 3 aromatic rings. The maximum atomic E-state index is 11.6. The van der Waals surface area contributed by atoms with E-state index in [2.05, 4.69) is 15.2 Å². The van der Waals surface area contributed by atoms with Gasteiger partial charge in [-0.15, -0.1) is 5.10 Å². The first-order chi connectivity index (χ1) is 13.4. The zero-order valence-electron chi connectivity index (χ0n) is 16.1. The van der Waals surface area contributed by atoms with Crippen molar-refractivity contribution in [3.05, 3.63) is 48.2 Å². The predicted octanol–water partition coefficient (Wildman–Crippen LogP) is 1.57. The third-order valence-electron chi connectivity index (χ3n) is 3.93. The van der Waals surface area contributed by atoms with E-state index < -0.39 is 9.84 Å². The van der Waals surface area contributed by atoms with Gasteiger partial charge < -0.3 is 9.47 Å². The molecule has 3 rings (SSSR count). The largest absolute Gasteiger partial charge is 0.494 e. The lowest BCUT2D eigenvalue weighted by atomic mass is 10.3. The molecule has 1 aromatic carbocycles. The van der Waals surface area contributed by atoms with Crippen LogP contribution in [0.3, 0.4) is 0 Å². The van der Waals surface area contributed by atoms with Crippen molar-refractivity contribution in [1.29, 1.82) is 0 Å². The van der Waals surface area contributed by atoms with Crippen molar-refractivity contribution < 1.29 is 17.9 Å². The summed E-state index contributed by atoms with van der Waals surface area (Å²) in [6.07, 6.45) is 3.10. The Bertz CT molecular complexity index is 1020. The monoisotopic (exact) mass is 405 g/mol. The number of sulfone groups is 1. The molecule has 0 aliphatic carbocycles. The summed E-state index contributed by atoms with van der Waals surface area (Å²) in [4.78, 5) is 4.47. The standard InChI is InChI=1S/C18H23N5O4S/c1-4-26-14-5-7-15(8-6-14)27-13-16-20-17(10-12-28(3,24)25)23(21-16)18-9-11-19-22(18)2/h5-9,11H,4,10,12-13H2,1-3H3. The molecule has 0 bridgehead atoms. The lowest BCUT2D eigenvalue weighted by molar-refractivity contribution is 0.294. The Hall–Kier alpha value is -2.88. The summed E-state index contributed by atoms with van der Waals surface area (Å²) in [6.45, 7) is 2.69. The molecule has 0 fully saturated rings. The Morgan fingerprint density at radius 3 is 2.32 bits per heavy atom. The Labute approximate surface area is 163 Å². The summed E-state index contributed by atoms with van der Waals surface area (Å²) in [5.74, 6) is 3.12.